The monoisotopic (exact) mass is 172 g/mol. The van der Waals surface area contributed by atoms with Gasteiger partial charge in [-0.05, 0) is 13.3 Å². The molecule has 0 aromatic heterocycles. The van der Waals surface area contributed by atoms with Crippen molar-refractivity contribution < 1.29 is 9.53 Å². The standard InChI is InChI=1S/C8H16N2O2/c1-7-8(11)10(6-9-7)4-3-5-12-2/h7,9H,3-6H2,1-2H3. The number of hydrogen-bond acceptors (Lipinski definition) is 3. The molecule has 1 amide bonds. The van der Waals surface area contributed by atoms with E-state index in [4.69, 9.17) is 4.74 Å². The van der Waals surface area contributed by atoms with E-state index in [1.165, 1.54) is 0 Å². The quantitative estimate of drug-likeness (QED) is 0.597. The van der Waals surface area contributed by atoms with Crippen molar-refractivity contribution in [2.24, 2.45) is 0 Å². The van der Waals surface area contributed by atoms with Gasteiger partial charge in [0.2, 0.25) is 5.91 Å². The maximum Gasteiger partial charge on any atom is 0.240 e. The van der Waals surface area contributed by atoms with Gasteiger partial charge in [0.1, 0.15) is 0 Å². The highest BCUT2D eigenvalue weighted by molar-refractivity contribution is 5.83. The van der Waals surface area contributed by atoms with E-state index in [1.54, 1.807) is 7.11 Å². The Morgan fingerprint density at radius 3 is 3.00 bits per heavy atom. The number of rotatable bonds is 4. The number of carbonyl (C=O) groups excluding carboxylic acids is 1. The van der Waals surface area contributed by atoms with E-state index in [9.17, 15) is 4.79 Å². The molecule has 4 nitrogen and oxygen atoms in total. The predicted octanol–water partition coefficient (Wildman–Crippen LogP) is -0.199. The molecule has 0 aromatic rings. The molecule has 1 unspecified atom stereocenters. The number of methoxy groups -OCH3 is 1. The molecule has 1 atom stereocenters. The van der Waals surface area contributed by atoms with E-state index < -0.39 is 0 Å². The fraction of sp³-hybridized carbons (Fsp3) is 0.875. The van der Waals surface area contributed by atoms with E-state index in [0.717, 1.165) is 19.6 Å². The fourth-order valence-electron chi connectivity index (χ4n) is 1.28. The van der Waals surface area contributed by atoms with Crippen molar-refractivity contribution >= 4 is 5.91 Å². The Morgan fingerprint density at radius 2 is 2.50 bits per heavy atom. The van der Waals surface area contributed by atoms with Crippen LogP contribution >= 0.6 is 0 Å². The van der Waals surface area contributed by atoms with E-state index in [-0.39, 0.29) is 11.9 Å². The molecule has 0 aliphatic carbocycles. The first kappa shape index (κ1) is 9.48. The van der Waals surface area contributed by atoms with Crippen LogP contribution in [0.25, 0.3) is 0 Å². The molecule has 1 aliphatic heterocycles. The lowest BCUT2D eigenvalue weighted by Gasteiger charge is -2.13. The first-order valence-electron chi connectivity index (χ1n) is 4.27. The molecule has 0 saturated carbocycles. The smallest absolute Gasteiger partial charge is 0.240 e. The van der Waals surface area contributed by atoms with Gasteiger partial charge in [0.05, 0.1) is 12.7 Å². The van der Waals surface area contributed by atoms with Crippen molar-refractivity contribution in [2.45, 2.75) is 19.4 Å². The first-order valence-corrected chi connectivity index (χ1v) is 4.27. The largest absolute Gasteiger partial charge is 0.385 e. The molecule has 0 aromatic carbocycles. The molecule has 1 fully saturated rings. The van der Waals surface area contributed by atoms with Gasteiger partial charge in [0.15, 0.2) is 0 Å². The van der Waals surface area contributed by atoms with Gasteiger partial charge in [-0.3, -0.25) is 10.1 Å². The van der Waals surface area contributed by atoms with Gasteiger partial charge < -0.3 is 9.64 Å². The number of nitrogens with zero attached hydrogens (tertiary/aromatic N) is 1. The summed E-state index contributed by atoms with van der Waals surface area (Å²) in [7, 11) is 1.67. The summed E-state index contributed by atoms with van der Waals surface area (Å²) in [5.41, 5.74) is 0. The van der Waals surface area contributed by atoms with Gasteiger partial charge in [0, 0.05) is 20.3 Å². The predicted molar refractivity (Wildman–Crippen MR) is 45.7 cm³/mol. The molecule has 1 N–H and O–H groups in total. The van der Waals surface area contributed by atoms with Gasteiger partial charge in [0.25, 0.3) is 0 Å². The van der Waals surface area contributed by atoms with Gasteiger partial charge in [-0.15, -0.1) is 0 Å². The van der Waals surface area contributed by atoms with Crippen molar-refractivity contribution in [1.82, 2.24) is 10.2 Å². The third-order valence-corrected chi connectivity index (χ3v) is 2.05. The Kier molecular flexibility index (Phi) is 3.49. The Hall–Kier alpha value is -0.610. The van der Waals surface area contributed by atoms with Crippen LogP contribution in [0.1, 0.15) is 13.3 Å². The van der Waals surface area contributed by atoms with Gasteiger partial charge in [-0.25, -0.2) is 0 Å². The lowest BCUT2D eigenvalue weighted by molar-refractivity contribution is -0.128. The molecule has 0 spiro atoms. The molecule has 1 rings (SSSR count). The van der Waals surface area contributed by atoms with Crippen molar-refractivity contribution in [3.8, 4) is 0 Å². The Balaban J connectivity index is 2.20. The van der Waals surface area contributed by atoms with E-state index in [1.807, 2.05) is 11.8 Å². The molecule has 1 aliphatic rings. The van der Waals surface area contributed by atoms with E-state index >= 15 is 0 Å². The highest BCUT2D eigenvalue weighted by Crippen LogP contribution is 2.02. The van der Waals surface area contributed by atoms with Crippen molar-refractivity contribution in [3.05, 3.63) is 0 Å². The van der Waals surface area contributed by atoms with Crippen LogP contribution in [0.5, 0.6) is 0 Å². The highest BCUT2D eigenvalue weighted by atomic mass is 16.5. The average molecular weight is 172 g/mol. The van der Waals surface area contributed by atoms with Crippen LogP contribution in [0.3, 0.4) is 0 Å². The van der Waals surface area contributed by atoms with Gasteiger partial charge in [-0.2, -0.15) is 0 Å². The highest BCUT2D eigenvalue weighted by Gasteiger charge is 2.26. The summed E-state index contributed by atoms with van der Waals surface area (Å²) in [4.78, 5) is 13.1. The zero-order valence-corrected chi connectivity index (χ0v) is 7.67. The maximum atomic E-state index is 11.3. The number of carbonyl (C=O) groups is 1. The second-order valence-corrected chi connectivity index (χ2v) is 3.03. The Bertz CT molecular complexity index is 161. The van der Waals surface area contributed by atoms with E-state index in [0.29, 0.717) is 6.67 Å². The van der Waals surface area contributed by atoms with Crippen LogP contribution in [-0.4, -0.2) is 43.8 Å². The fourth-order valence-corrected chi connectivity index (χ4v) is 1.28. The Labute approximate surface area is 72.9 Å². The van der Waals surface area contributed by atoms with Crippen molar-refractivity contribution in [1.29, 1.82) is 0 Å². The zero-order valence-electron chi connectivity index (χ0n) is 7.67. The summed E-state index contributed by atoms with van der Waals surface area (Å²) in [5.74, 6) is 0.200. The Morgan fingerprint density at radius 1 is 1.75 bits per heavy atom. The van der Waals surface area contributed by atoms with Crippen LogP contribution in [0, 0.1) is 0 Å². The molecule has 70 valence electrons. The minimum atomic E-state index is -0.00690. The van der Waals surface area contributed by atoms with Crippen LogP contribution in [0.2, 0.25) is 0 Å². The second kappa shape index (κ2) is 4.42. The molecule has 1 heterocycles. The molecule has 1 saturated heterocycles. The minimum Gasteiger partial charge on any atom is -0.385 e. The summed E-state index contributed by atoms with van der Waals surface area (Å²) in [6.45, 7) is 4.09. The molecular formula is C8H16N2O2. The summed E-state index contributed by atoms with van der Waals surface area (Å²) in [6, 6.07) is -0.00690. The van der Waals surface area contributed by atoms with Crippen LogP contribution in [0.4, 0.5) is 0 Å². The van der Waals surface area contributed by atoms with Gasteiger partial charge >= 0.3 is 0 Å². The SMILES string of the molecule is COCCCN1CNC(C)C1=O. The molecule has 4 heteroatoms. The molecule has 0 radical (unpaired) electrons. The average Bonchev–Trinajstić information content (AvgIpc) is 2.36. The third kappa shape index (κ3) is 2.19. The number of hydrogen-bond donors (Lipinski definition) is 1. The number of ether oxygens (including phenoxy) is 1. The summed E-state index contributed by atoms with van der Waals surface area (Å²) < 4.78 is 4.91. The first-order chi connectivity index (χ1) is 5.75. The summed E-state index contributed by atoms with van der Waals surface area (Å²) in [5, 5.41) is 3.08. The topological polar surface area (TPSA) is 41.6 Å². The lowest BCUT2D eigenvalue weighted by atomic mass is 10.3. The number of nitrogens with one attached hydrogen (secondary N) is 1. The van der Waals surface area contributed by atoms with Crippen molar-refractivity contribution in [2.75, 3.05) is 26.9 Å². The summed E-state index contributed by atoms with van der Waals surface area (Å²) >= 11 is 0. The summed E-state index contributed by atoms with van der Waals surface area (Å²) in [6.07, 6.45) is 0.913. The molecule has 12 heavy (non-hydrogen) atoms. The van der Waals surface area contributed by atoms with Crippen molar-refractivity contribution in [3.63, 3.8) is 0 Å². The molecular weight excluding hydrogens is 156 g/mol. The lowest BCUT2D eigenvalue weighted by Crippen LogP contribution is -2.29. The van der Waals surface area contributed by atoms with Gasteiger partial charge in [-0.1, -0.05) is 0 Å². The molecule has 0 bridgehead atoms. The number of amides is 1. The minimum absolute atomic E-state index is 0.00690. The van der Waals surface area contributed by atoms with Crippen LogP contribution in [0.15, 0.2) is 0 Å². The third-order valence-electron chi connectivity index (χ3n) is 2.05. The van der Waals surface area contributed by atoms with Crippen LogP contribution < -0.4 is 5.32 Å². The van der Waals surface area contributed by atoms with E-state index in [2.05, 4.69) is 5.32 Å². The van der Waals surface area contributed by atoms with Crippen LogP contribution in [-0.2, 0) is 9.53 Å². The zero-order chi connectivity index (χ0) is 8.97. The normalized spacial score (nSPS) is 23.7. The maximum absolute atomic E-state index is 11.3. The second-order valence-electron chi connectivity index (χ2n) is 3.03.